The average molecular weight is 298 g/mol. The molecule has 4 nitrogen and oxygen atoms in total. The molecule has 5 heteroatoms. The summed E-state index contributed by atoms with van der Waals surface area (Å²) >= 11 is 0. The summed E-state index contributed by atoms with van der Waals surface area (Å²) in [7, 11) is 2.56. The highest BCUT2D eigenvalue weighted by atomic mass is 28.4. The fourth-order valence-corrected chi connectivity index (χ4v) is 3.92. The van der Waals surface area contributed by atoms with Crippen molar-refractivity contribution in [1.82, 2.24) is 0 Å². The van der Waals surface area contributed by atoms with E-state index in [1.165, 1.54) is 12.0 Å². The standard InChI is InChI=1S/C15H28NO3Si/c1-6-14(2)15-8-11-16(12-9-15)10-7-13-20(17-3,18-4)19-5/h8-9,11-12,14H,6-7,10,13H2,1-5H3/q+1. The molecule has 0 aliphatic carbocycles. The molecule has 0 amide bonds. The van der Waals surface area contributed by atoms with Crippen LogP contribution in [0, 0.1) is 0 Å². The normalized spacial score (nSPS) is 13.4. The summed E-state index contributed by atoms with van der Waals surface area (Å²) < 4.78 is 18.5. The van der Waals surface area contributed by atoms with Crippen LogP contribution in [0.15, 0.2) is 24.5 Å². The molecule has 1 unspecified atom stereocenters. The first kappa shape index (κ1) is 17.3. The smallest absolute Gasteiger partial charge is 0.377 e. The van der Waals surface area contributed by atoms with E-state index in [1.807, 2.05) is 0 Å². The van der Waals surface area contributed by atoms with Crippen LogP contribution < -0.4 is 4.57 Å². The van der Waals surface area contributed by atoms with E-state index in [2.05, 4.69) is 42.9 Å². The zero-order valence-corrected chi connectivity index (χ0v) is 14.4. The fraction of sp³-hybridized carbons (Fsp3) is 0.667. The van der Waals surface area contributed by atoms with Gasteiger partial charge in [-0.1, -0.05) is 13.8 Å². The molecule has 0 aromatic carbocycles. The molecular weight excluding hydrogens is 270 g/mol. The molecule has 1 rings (SSSR count). The van der Waals surface area contributed by atoms with E-state index >= 15 is 0 Å². The van der Waals surface area contributed by atoms with Crippen molar-refractivity contribution < 1.29 is 17.8 Å². The van der Waals surface area contributed by atoms with Crippen LogP contribution in [0.1, 0.15) is 38.2 Å². The molecule has 0 fully saturated rings. The van der Waals surface area contributed by atoms with Crippen molar-refractivity contribution in [2.24, 2.45) is 0 Å². The van der Waals surface area contributed by atoms with Crippen LogP contribution in [0.25, 0.3) is 0 Å². The summed E-state index contributed by atoms with van der Waals surface area (Å²) in [4.78, 5) is 0. The Kier molecular flexibility index (Phi) is 7.37. The second-order valence-electron chi connectivity index (χ2n) is 5.08. The maximum absolute atomic E-state index is 5.42. The quantitative estimate of drug-likeness (QED) is 0.519. The van der Waals surface area contributed by atoms with Crippen LogP contribution in [-0.4, -0.2) is 30.1 Å². The van der Waals surface area contributed by atoms with Crippen molar-refractivity contribution in [3.63, 3.8) is 0 Å². The Morgan fingerprint density at radius 3 is 2.10 bits per heavy atom. The van der Waals surface area contributed by atoms with Crippen LogP contribution >= 0.6 is 0 Å². The third-order valence-corrected chi connectivity index (χ3v) is 6.76. The molecule has 0 saturated heterocycles. The van der Waals surface area contributed by atoms with E-state index in [0.717, 1.165) is 19.0 Å². The summed E-state index contributed by atoms with van der Waals surface area (Å²) in [6.45, 7) is 5.43. The lowest BCUT2D eigenvalue weighted by Crippen LogP contribution is -2.44. The van der Waals surface area contributed by atoms with Gasteiger partial charge in [0.15, 0.2) is 12.4 Å². The van der Waals surface area contributed by atoms with Gasteiger partial charge in [-0.3, -0.25) is 0 Å². The molecule has 0 aliphatic rings. The molecule has 20 heavy (non-hydrogen) atoms. The lowest BCUT2D eigenvalue weighted by Gasteiger charge is -2.23. The van der Waals surface area contributed by atoms with Gasteiger partial charge in [-0.05, 0) is 17.9 Å². The molecule has 114 valence electrons. The molecule has 0 radical (unpaired) electrons. The number of rotatable bonds is 9. The molecule has 1 atom stereocenters. The molecule has 0 spiro atoms. The number of nitrogens with zero attached hydrogens (tertiary/aromatic N) is 1. The molecule has 1 heterocycles. The second kappa shape index (κ2) is 8.52. The van der Waals surface area contributed by atoms with Gasteiger partial charge < -0.3 is 13.3 Å². The minimum Gasteiger partial charge on any atom is -0.377 e. The largest absolute Gasteiger partial charge is 0.500 e. The number of hydrogen-bond donors (Lipinski definition) is 0. The predicted molar refractivity (Wildman–Crippen MR) is 81.5 cm³/mol. The summed E-state index contributed by atoms with van der Waals surface area (Å²) in [6.07, 6.45) is 6.46. The summed E-state index contributed by atoms with van der Waals surface area (Å²) in [6, 6.07) is 5.25. The van der Waals surface area contributed by atoms with Gasteiger partial charge >= 0.3 is 8.80 Å². The Balaban J connectivity index is 2.50. The zero-order chi connectivity index (χ0) is 15.0. The number of hydrogen-bond acceptors (Lipinski definition) is 3. The average Bonchev–Trinajstić information content (AvgIpc) is 2.52. The van der Waals surface area contributed by atoms with E-state index in [4.69, 9.17) is 13.3 Å². The Morgan fingerprint density at radius 1 is 1.10 bits per heavy atom. The minimum absolute atomic E-state index is 0.625. The van der Waals surface area contributed by atoms with Crippen LogP contribution in [0.4, 0.5) is 0 Å². The van der Waals surface area contributed by atoms with Crippen LogP contribution in [0.5, 0.6) is 0 Å². The Labute approximate surface area is 124 Å². The van der Waals surface area contributed by atoms with Gasteiger partial charge in [0.1, 0.15) is 6.54 Å². The van der Waals surface area contributed by atoms with Gasteiger partial charge in [-0.25, -0.2) is 4.57 Å². The molecule has 0 saturated carbocycles. The highest BCUT2D eigenvalue weighted by Crippen LogP contribution is 2.17. The maximum Gasteiger partial charge on any atom is 0.500 e. The van der Waals surface area contributed by atoms with Crippen molar-refractivity contribution in [3.8, 4) is 0 Å². The van der Waals surface area contributed by atoms with Crippen molar-refractivity contribution in [2.75, 3.05) is 21.3 Å². The van der Waals surface area contributed by atoms with Gasteiger partial charge in [0.05, 0.1) is 0 Å². The topological polar surface area (TPSA) is 31.6 Å². The number of pyridine rings is 1. The monoisotopic (exact) mass is 298 g/mol. The Hall–Kier alpha value is -0.753. The summed E-state index contributed by atoms with van der Waals surface area (Å²) in [5.74, 6) is 0.625. The van der Waals surface area contributed by atoms with Gasteiger partial charge in [0.25, 0.3) is 0 Å². The van der Waals surface area contributed by atoms with Crippen LogP contribution in [0.2, 0.25) is 6.04 Å². The van der Waals surface area contributed by atoms with E-state index in [9.17, 15) is 0 Å². The van der Waals surface area contributed by atoms with E-state index in [1.54, 1.807) is 21.3 Å². The fourth-order valence-electron chi connectivity index (χ4n) is 2.22. The molecule has 1 aromatic heterocycles. The number of aromatic nitrogens is 1. The lowest BCUT2D eigenvalue weighted by atomic mass is 10.0. The van der Waals surface area contributed by atoms with Gasteiger partial charge in [-0.15, -0.1) is 0 Å². The highest BCUT2D eigenvalue weighted by Gasteiger charge is 2.37. The first-order valence-corrected chi connectivity index (χ1v) is 9.18. The van der Waals surface area contributed by atoms with E-state index in [-0.39, 0.29) is 0 Å². The van der Waals surface area contributed by atoms with E-state index in [0.29, 0.717) is 5.92 Å². The molecular formula is C15H28NO3Si+. The first-order valence-electron chi connectivity index (χ1n) is 7.25. The Morgan fingerprint density at radius 2 is 1.65 bits per heavy atom. The van der Waals surface area contributed by atoms with Gasteiger partial charge in [0.2, 0.25) is 0 Å². The van der Waals surface area contributed by atoms with Gasteiger partial charge in [0, 0.05) is 45.9 Å². The predicted octanol–water partition coefficient (Wildman–Crippen LogP) is 2.76. The SMILES string of the molecule is CCC(C)c1cc[n+](CCC[Si](OC)(OC)OC)cc1. The molecule has 1 aromatic rings. The maximum atomic E-state index is 5.42. The highest BCUT2D eigenvalue weighted by molar-refractivity contribution is 6.60. The lowest BCUT2D eigenvalue weighted by molar-refractivity contribution is -0.697. The summed E-state index contributed by atoms with van der Waals surface area (Å²) in [5.41, 5.74) is 1.40. The van der Waals surface area contributed by atoms with Gasteiger partial charge in [-0.2, -0.15) is 0 Å². The molecule has 0 N–H and O–H groups in total. The Bertz CT molecular complexity index is 371. The van der Waals surface area contributed by atoms with Crippen molar-refractivity contribution in [3.05, 3.63) is 30.1 Å². The third kappa shape index (κ3) is 4.66. The van der Waals surface area contributed by atoms with Crippen molar-refractivity contribution in [2.45, 2.75) is 45.2 Å². The van der Waals surface area contributed by atoms with Crippen molar-refractivity contribution >= 4 is 8.80 Å². The molecule has 0 bridgehead atoms. The van der Waals surface area contributed by atoms with E-state index < -0.39 is 8.80 Å². The zero-order valence-electron chi connectivity index (χ0n) is 13.4. The van der Waals surface area contributed by atoms with Crippen LogP contribution in [-0.2, 0) is 19.8 Å². The second-order valence-corrected chi connectivity index (χ2v) is 8.17. The minimum atomic E-state index is -2.42. The van der Waals surface area contributed by atoms with Crippen LogP contribution in [0.3, 0.4) is 0 Å². The first-order chi connectivity index (χ1) is 9.60. The summed E-state index contributed by atoms with van der Waals surface area (Å²) in [5, 5.41) is 0. The van der Waals surface area contributed by atoms with Crippen molar-refractivity contribution in [1.29, 1.82) is 0 Å². The number of aryl methyl sites for hydroxylation is 1. The third-order valence-electron chi connectivity index (χ3n) is 3.93. The molecule has 0 aliphatic heterocycles.